The lowest BCUT2D eigenvalue weighted by atomic mass is 10.2. The first kappa shape index (κ1) is 14.0. The Kier molecular flexibility index (Phi) is 4.02. The van der Waals surface area contributed by atoms with Crippen LogP contribution in [0.1, 0.15) is 5.56 Å². The third-order valence-corrected chi connectivity index (χ3v) is 2.81. The fourth-order valence-corrected chi connectivity index (χ4v) is 1.73. The molecule has 0 radical (unpaired) electrons. The van der Waals surface area contributed by atoms with E-state index in [4.69, 9.17) is 10.5 Å². The van der Waals surface area contributed by atoms with Gasteiger partial charge < -0.3 is 15.8 Å². The van der Waals surface area contributed by atoms with E-state index in [-0.39, 0.29) is 23.5 Å². The van der Waals surface area contributed by atoms with Gasteiger partial charge in [-0.25, -0.2) is 13.2 Å². The minimum absolute atomic E-state index is 0.0290. The van der Waals surface area contributed by atoms with Crippen LogP contribution in [-0.4, -0.2) is 7.11 Å². The molecule has 0 spiro atoms. The van der Waals surface area contributed by atoms with Crippen molar-refractivity contribution in [3.05, 3.63) is 53.3 Å². The van der Waals surface area contributed by atoms with Gasteiger partial charge in [-0.05, 0) is 6.07 Å². The van der Waals surface area contributed by atoms with Gasteiger partial charge in [0.25, 0.3) is 0 Å². The Hall–Kier alpha value is -2.37. The van der Waals surface area contributed by atoms with Gasteiger partial charge in [0.1, 0.15) is 11.6 Å². The molecule has 6 heteroatoms. The zero-order valence-corrected chi connectivity index (χ0v) is 10.7. The van der Waals surface area contributed by atoms with Crippen molar-refractivity contribution < 1.29 is 17.9 Å². The summed E-state index contributed by atoms with van der Waals surface area (Å²) in [4.78, 5) is 0. The van der Waals surface area contributed by atoms with E-state index < -0.39 is 17.5 Å². The van der Waals surface area contributed by atoms with Crippen LogP contribution in [0.3, 0.4) is 0 Å². The molecule has 0 saturated heterocycles. The number of methoxy groups -OCH3 is 1. The van der Waals surface area contributed by atoms with Crippen LogP contribution < -0.4 is 15.8 Å². The van der Waals surface area contributed by atoms with Gasteiger partial charge in [0.15, 0.2) is 11.6 Å². The fourth-order valence-electron chi connectivity index (χ4n) is 1.73. The number of anilines is 2. The predicted molar refractivity (Wildman–Crippen MR) is 71.0 cm³/mol. The van der Waals surface area contributed by atoms with Crippen molar-refractivity contribution in [2.24, 2.45) is 0 Å². The molecule has 0 aliphatic carbocycles. The molecule has 0 atom stereocenters. The molecule has 0 aromatic heterocycles. The van der Waals surface area contributed by atoms with Crippen LogP contribution in [0.4, 0.5) is 24.5 Å². The lowest BCUT2D eigenvalue weighted by Gasteiger charge is -2.12. The number of halogens is 3. The van der Waals surface area contributed by atoms with Crippen molar-refractivity contribution in [3.63, 3.8) is 0 Å². The normalized spacial score (nSPS) is 10.4. The Morgan fingerprint density at radius 1 is 1.10 bits per heavy atom. The molecule has 0 saturated carbocycles. The first-order valence-electron chi connectivity index (χ1n) is 5.82. The van der Waals surface area contributed by atoms with Crippen molar-refractivity contribution in [2.45, 2.75) is 6.54 Å². The molecule has 0 aliphatic rings. The fraction of sp³-hybridized carbons (Fsp3) is 0.143. The summed E-state index contributed by atoms with van der Waals surface area (Å²) in [5.41, 5.74) is 6.51. The van der Waals surface area contributed by atoms with Crippen molar-refractivity contribution in [3.8, 4) is 5.75 Å². The lowest BCUT2D eigenvalue weighted by Crippen LogP contribution is -2.05. The molecule has 106 valence electrons. The molecule has 0 fully saturated rings. The maximum Gasteiger partial charge on any atom is 0.167 e. The van der Waals surface area contributed by atoms with E-state index >= 15 is 0 Å². The topological polar surface area (TPSA) is 47.3 Å². The monoisotopic (exact) mass is 282 g/mol. The van der Waals surface area contributed by atoms with Gasteiger partial charge in [0.05, 0.1) is 18.5 Å². The molecule has 20 heavy (non-hydrogen) atoms. The van der Waals surface area contributed by atoms with Gasteiger partial charge in [-0.3, -0.25) is 0 Å². The number of hydrogen-bond donors (Lipinski definition) is 2. The first-order valence-corrected chi connectivity index (χ1v) is 5.82. The summed E-state index contributed by atoms with van der Waals surface area (Å²) in [6.45, 7) is 0.0884. The van der Waals surface area contributed by atoms with E-state index in [0.29, 0.717) is 5.69 Å². The van der Waals surface area contributed by atoms with E-state index in [9.17, 15) is 13.2 Å². The van der Waals surface area contributed by atoms with Crippen LogP contribution in [0.2, 0.25) is 0 Å². The standard InChI is InChI=1S/C14H13F3N2O/c1-20-14-6-13(12(18)5-11(14)17)19-7-8-2-3-9(15)4-10(8)16/h2-6,19H,7,18H2,1H3. The molecule has 0 amide bonds. The van der Waals surface area contributed by atoms with E-state index in [2.05, 4.69) is 5.32 Å². The quantitative estimate of drug-likeness (QED) is 0.846. The molecule has 0 heterocycles. The molecule has 3 N–H and O–H groups in total. The summed E-state index contributed by atoms with van der Waals surface area (Å²) in [6.07, 6.45) is 0. The van der Waals surface area contributed by atoms with Crippen molar-refractivity contribution >= 4 is 11.4 Å². The predicted octanol–water partition coefficient (Wildman–Crippen LogP) is 3.31. The summed E-state index contributed by atoms with van der Waals surface area (Å²) in [6, 6.07) is 5.78. The number of benzene rings is 2. The lowest BCUT2D eigenvalue weighted by molar-refractivity contribution is 0.387. The Balaban J connectivity index is 2.18. The van der Waals surface area contributed by atoms with Crippen molar-refractivity contribution in [1.82, 2.24) is 0 Å². The number of nitrogens with one attached hydrogen (secondary N) is 1. The number of nitrogen functional groups attached to an aromatic ring is 1. The van der Waals surface area contributed by atoms with Gasteiger partial charge in [0, 0.05) is 30.3 Å². The number of hydrogen-bond acceptors (Lipinski definition) is 3. The maximum atomic E-state index is 13.5. The van der Waals surface area contributed by atoms with Gasteiger partial charge in [-0.2, -0.15) is 0 Å². The van der Waals surface area contributed by atoms with Crippen LogP contribution in [-0.2, 0) is 6.54 Å². The van der Waals surface area contributed by atoms with Gasteiger partial charge >= 0.3 is 0 Å². The SMILES string of the molecule is COc1cc(NCc2ccc(F)cc2F)c(N)cc1F. The summed E-state index contributed by atoms with van der Waals surface area (Å²) >= 11 is 0. The Bertz CT molecular complexity index is 632. The Labute approximate surface area is 114 Å². The highest BCUT2D eigenvalue weighted by Gasteiger charge is 2.09. The third-order valence-electron chi connectivity index (χ3n) is 2.81. The van der Waals surface area contributed by atoms with E-state index in [0.717, 1.165) is 18.2 Å². The van der Waals surface area contributed by atoms with Gasteiger partial charge in [0.2, 0.25) is 0 Å². The minimum Gasteiger partial charge on any atom is -0.494 e. The van der Waals surface area contributed by atoms with Gasteiger partial charge in [-0.1, -0.05) is 6.07 Å². The summed E-state index contributed by atoms with van der Waals surface area (Å²) in [5, 5.41) is 2.86. The largest absolute Gasteiger partial charge is 0.494 e. The molecule has 2 aromatic carbocycles. The highest BCUT2D eigenvalue weighted by molar-refractivity contribution is 5.68. The smallest absolute Gasteiger partial charge is 0.167 e. The van der Waals surface area contributed by atoms with E-state index in [1.54, 1.807) is 0 Å². The second kappa shape index (κ2) is 5.73. The summed E-state index contributed by atoms with van der Waals surface area (Å²) in [5.74, 6) is -1.86. The molecule has 0 bridgehead atoms. The molecular formula is C14H13F3N2O. The minimum atomic E-state index is -0.662. The zero-order valence-electron chi connectivity index (χ0n) is 10.7. The Morgan fingerprint density at radius 2 is 1.85 bits per heavy atom. The highest BCUT2D eigenvalue weighted by atomic mass is 19.1. The summed E-state index contributed by atoms with van der Waals surface area (Å²) in [7, 11) is 1.33. The first-order chi connectivity index (χ1) is 9.51. The zero-order chi connectivity index (χ0) is 14.7. The molecule has 2 aromatic rings. The average molecular weight is 282 g/mol. The van der Waals surface area contributed by atoms with Crippen LogP contribution >= 0.6 is 0 Å². The second-order valence-corrected chi connectivity index (χ2v) is 4.16. The molecule has 0 unspecified atom stereocenters. The second-order valence-electron chi connectivity index (χ2n) is 4.16. The number of nitrogens with two attached hydrogens (primary N) is 1. The maximum absolute atomic E-state index is 13.5. The van der Waals surface area contributed by atoms with Crippen LogP contribution in [0.15, 0.2) is 30.3 Å². The highest BCUT2D eigenvalue weighted by Crippen LogP contribution is 2.28. The molecule has 3 nitrogen and oxygen atoms in total. The van der Waals surface area contributed by atoms with Crippen LogP contribution in [0.5, 0.6) is 5.75 Å². The molecular weight excluding hydrogens is 269 g/mol. The van der Waals surface area contributed by atoms with Gasteiger partial charge in [-0.15, -0.1) is 0 Å². The molecule has 0 aliphatic heterocycles. The average Bonchev–Trinajstić information content (AvgIpc) is 2.39. The van der Waals surface area contributed by atoms with Crippen LogP contribution in [0.25, 0.3) is 0 Å². The van der Waals surface area contributed by atoms with Crippen molar-refractivity contribution in [2.75, 3.05) is 18.2 Å². The van der Waals surface area contributed by atoms with E-state index in [1.807, 2.05) is 0 Å². The van der Waals surface area contributed by atoms with E-state index in [1.165, 1.54) is 19.2 Å². The van der Waals surface area contributed by atoms with Crippen molar-refractivity contribution in [1.29, 1.82) is 0 Å². The molecule has 2 rings (SSSR count). The third kappa shape index (κ3) is 2.96. The summed E-state index contributed by atoms with van der Waals surface area (Å²) < 4.78 is 44.5. The number of rotatable bonds is 4. The number of ether oxygens (including phenoxy) is 1. The van der Waals surface area contributed by atoms with Crippen LogP contribution in [0, 0.1) is 17.5 Å². The Morgan fingerprint density at radius 3 is 2.50 bits per heavy atom.